The zero-order chi connectivity index (χ0) is 17.2. The van der Waals surface area contributed by atoms with Gasteiger partial charge < -0.3 is 9.47 Å². The lowest BCUT2D eigenvalue weighted by Gasteiger charge is -2.30. The molecule has 0 N–H and O–H groups in total. The van der Waals surface area contributed by atoms with Crippen molar-refractivity contribution >= 4 is 0 Å². The van der Waals surface area contributed by atoms with E-state index in [0.717, 1.165) is 51.0 Å². The maximum absolute atomic E-state index is 13.4. The average Bonchev–Trinajstić information content (AvgIpc) is 2.59. The van der Waals surface area contributed by atoms with Crippen LogP contribution in [-0.4, -0.2) is 19.5 Å². The summed E-state index contributed by atoms with van der Waals surface area (Å²) in [5.41, 5.74) is 0. The molecule has 0 spiro atoms. The van der Waals surface area contributed by atoms with Gasteiger partial charge in [-0.2, -0.15) is 0 Å². The SMILES string of the molecule is C\C=C(F)/C(F)=C(F)\C=C\C(C)CCC(CC)C1OCCCO1. The molecule has 0 aromatic carbocycles. The van der Waals surface area contributed by atoms with Crippen LogP contribution in [0.25, 0.3) is 0 Å². The fourth-order valence-corrected chi connectivity index (χ4v) is 2.45. The Morgan fingerprint density at radius 2 is 1.83 bits per heavy atom. The summed E-state index contributed by atoms with van der Waals surface area (Å²) in [5, 5.41) is 0. The summed E-state index contributed by atoms with van der Waals surface area (Å²) in [4.78, 5) is 0. The first-order valence-corrected chi connectivity index (χ1v) is 8.28. The van der Waals surface area contributed by atoms with Gasteiger partial charge in [0.1, 0.15) is 0 Å². The van der Waals surface area contributed by atoms with Gasteiger partial charge in [0.2, 0.25) is 0 Å². The minimum absolute atomic E-state index is 0.0554. The van der Waals surface area contributed by atoms with Crippen molar-refractivity contribution in [3.8, 4) is 0 Å². The van der Waals surface area contributed by atoms with E-state index < -0.39 is 17.5 Å². The molecule has 1 fully saturated rings. The van der Waals surface area contributed by atoms with Gasteiger partial charge in [0, 0.05) is 5.92 Å². The highest BCUT2D eigenvalue weighted by atomic mass is 19.2. The Morgan fingerprint density at radius 1 is 1.17 bits per heavy atom. The molecule has 5 heteroatoms. The predicted octanol–water partition coefficient (Wildman–Crippen LogP) is 5.77. The molecule has 0 aromatic heterocycles. The van der Waals surface area contributed by atoms with Crippen molar-refractivity contribution in [2.75, 3.05) is 13.2 Å². The molecule has 0 aromatic rings. The number of halogens is 3. The Balaban J connectivity index is 2.48. The maximum atomic E-state index is 13.4. The molecule has 1 aliphatic heterocycles. The largest absolute Gasteiger partial charge is 0.352 e. The van der Waals surface area contributed by atoms with E-state index in [0.29, 0.717) is 5.92 Å². The third-order valence-electron chi connectivity index (χ3n) is 4.00. The molecular weight excluding hydrogens is 305 g/mol. The summed E-state index contributed by atoms with van der Waals surface area (Å²) in [6, 6.07) is 0. The fraction of sp³-hybridized carbons (Fsp3) is 0.667. The van der Waals surface area contributed by atoms with Crippen molar-refractivity contribution in [2.24, 2.45) is 11.8 Å². The summed E-state index contributed by atoms with van der Waals surface area (Å²) in [6.07, 6.45) is 6.83. The summed E-state index contributed by atoms with van der Waals surface area (Å²) < 4.78 is 50.9. The van der Waals surface area contributed by atoms with E-state index in [2.05, 4.69) is 6.92 Å². The molecule has 0 bridgehead atoms. The highest BCUT2D eigenvalue weighted by Gasteiger charge is 2.24. The van der Waals surface area contributed by atoms with Crippen molar-refractivity contribution in [3.63, 3.8) is 0 Å². The van der Waals surface area contributed by atoms with Crippen LogP contribution in [0.5, 0.6) is 0 Å². The average molecular weight is 332 g/mol. The molecule has 0 amide bonds. The van der Waals surface area contributed by atoms with E-state index in [9.17, 15) is 13.2 Å². The number of hydrogen-bond donors (Lipinski definition) is 0. The fourth-order valence-electron chi connectivity index (χ4n) is 2.45. The molecular formula is C18H27F3O2. The molecule has 0 radical (unpaired) electrons. The van der Waals surface area contributed by atoms with Gasteiger partial charge in [-0.15, -0.1) is 0 Å². The highest BCUT2D eigenvalue weighted by molar-refractivity contribution is 5.27. The van der Waals surface area contributed by atoms with Crippen molar-refractivity contribution in [3.05, 3.63) is 35.7 Å². The Bertz CT molecular complexity index is 438. The van der Waals surface area contributed by atoms with E-state index in [1.165, 1.54) is 6.92 Å². The van der Waals surface area contributed by atoms with Crippen LogP contribution in [0.3, 0.4) is 0 Å². The Morgan fingerprint density at radius 3 is 2.39 bits per heavy atom. The normalized spacial score (nSPS) is 21.4. The second kappa shape index (κ2) is 10.7. The van der Waals surface area contributed by atoms with Crippen LogP contribution in [0.4, 0.5) is 13.2 Å². The quantitative estimate of drug-likeness (QED) is 0.525. The van der Waals surface area contributed by atoms with Gasteiger partial charge in [-0.25, -0.2) is 13.2 Å². The van der Waals surface area contributed by atoms with Crippen LogP contribution < -0.4 is 0 Å². The molecule has 2 atom stereocenters. The third-order valence-corrected chi connectivity index (χ3v) is 4.00. The zero-order valence-electron chi connectivity index (χ0n) is 14.2. The molecule has 1 saturated heterocycles. The number of hydrogen-bond acceptors (Lipinski definition) is 2. The second-order valence-corrected chi connectivity index (χ2v) is 5.84. The first kappa shape index (κ1) is 20.0. The van der Waals surface area contributed by atoms with Crippen molar-refractivity contribution in [2.45, 2.75) is 52.7 Å². The first-order valence-electron chi connectivity index (χ1n) is 8.28. The molecule has 1 heterocycles. The van der Waals surface area contributed by atoms with Gasteiger partial charge in [-0.05, 0) is 50.7 Å². The minimum Gasteiger partial charge on any atom is -0.352 e. The number of rotatable bonds is 8. The smallest absolute Gasteiger partial charge is 0.194 e. The molecule has 2 nitrogen and oxygen atoms in total. The second-order valence-electron chi connectivity index (χ2n) is 5.84. The lowest BCUT2D eigenvalue weighted by atomic mass is 9.93. The van der Waals surface area contributed by atoms with E-state index in [1.807, 2.05) is 6.92 Å². The topological polar surface area (TPSA) is 18.5 Å². The maximum Gasteiger partial charge on any atom is 0.194 e. The lowest BCUT2D eigenvalue weighted by Crippen LogP contribution is -2.32. The number of allylic oxidation sites excluding steroid dienone is 6. The molecule has 0 aliphatic carbocycles. The van der Waals surface area contributed by atoms with Gasteiger partial charge in [0.25, 0.3) is 0 Å². The van der Waals surface area contributed by atoms with E-state index in [1.54, 1.807) is 6.08 Å². The van der Waals surface area contributed by atoms with Crippen molar-refractivity contribution in [1.82, 2.24) is 0 Å². The number of ether oxygens (including phenoxy) is 2. The summed E-state index contributed by atoms with van der Waals surface area (Å²) in [5.74, 6) is -3.47. The van der Waals surface area contributed by atoms with E-state index in [-0.39, 0.29) is 12.2 Å². The Kier molecular flexibility index (Phi) is 9.26. The summed E-state index contributed by atoms with van der Waals surface area (Å²) >= 11 is 0. The van der Waals surface area contributed by atoms with Crippen LogP contribution >= 0.6 is 0 Å². The molecule has 2 unspecified atom stereocenters. The Hall–Kier alpha value is -1.07. The van der Waals surface area contributed by atoms with Gasteiger partial charge >= 0.3 is 0 Å². The van der Waals surface area contributed by atoms with Crippen LogP contribution in [0.15, 0.2) is 35.7 Å². The van der Waals surface area contributed by atoms with Crippen LogP contribution in [0, 0.1) is 11.8 Å². The molecule has 23 heavy (non-hydrogen) atoms. The molecule has 132 valence electrons. The van der Waals surface area contributed by atoms with Gasteiger partial charge in [0.15, 0.2) is 23.8 Å². The Labute approximate surface area is 137 Å². The molecule has 1 rings (SSSR count). The van der Waals surface area contributed by atoms with E-state index in [4.69, 9.17) is 9.47 Å². The summed E-state index contributed by atoms with van der Waals surface area (Å²) in [6.45, 7) is 6.77. The van der Waals surface area contributed by atoms with Gasteiger partial charge in [-0.1, -0.05) is 19.9 Å². The predicted molar refractivity (Wildman–Crippen MR) is 85.7 cm³/mol. The summed E-state index contributed by atoms with van der Waals surface area (Å²) in [7, 11) is 0. The van der Waals surface area contributed by atoms with E-state index >= 15 is 0 Å². The van der Waals surface area contributed by atoms with Crippen molar-refractivity contribution in [1.29, 1.82) is 0 Å². The van der Waals surface area contributed by atoms with Crippen molar-refractivity contribution < 1.29 is 22.6 Å². The zero-order valence-corrected chi connectivity index (χ0v) is 14.2. The van der Waals surface area contributed by atoms with Gasteiger partial charge in [-0.3, -0.25) is 0 Å². The van der Waals surface area contributed by atoms with Crippen LogP contribution in [0.2, 0.25) is 0 Å². The molecule has 0 saturated carbocycles. The van der Waals surface area contributed by atoms with Crippen LogP contribution in [0.1, 0.15) is 46.5 Å². The highest BCUT2D eigenvalue weighted by Crippen LogP contribution is 2.25. The first-order chi connectivity index (χ1) is 11.0. The lowest BCUT2D eigenvalue weighted by molar-refractivity contribution is -0.206. The third kappa shape index (κ3) is 6.92. The van der Waals surface area contributed by atoms with Crippen LogP contribution in [-0.2, 0) is 9.47 Å². The minimum atomic E-state index is -1.45. The monoisotopic (exact) mass is 332 g/mol. The molecule has 1 aliphatic rings. The standard InChI is InChI=1S/C18H27F3O2/c1-4-14(18-22-11-6-12-23-18)9-7-13(3)8-10-16(20)17(21)15(19)5-2/h5,8,10,13-14,18H,4,6-7,9,11-12H2,1-3H3/b10-8+,15-5+,17-16-. The van der Waals surface area contributed by atoms with Gasteiger partial charge in [0.05, 0.1) is 13.2 Å².